The highest BCUT2D eigenvalue weighted by molar-refractivity contribution is 7.93. The number of nitrogens with zero attached hydrogens (tertiary/aromatic N) is 2. The average Bonchev–Trinajstić information content (AvgIpc) is 3.22. The second kappa shape index (κ2) is 9.13. The molecule has 1 heterocycles. The Kier molecular flexibility index (Phi) is 6.54. The molecule has 2 aromatic rings. The zero-order chi connectivity index (χ0) is 24.7. The average molecular weight is 497 g/mol. The van der Waals surface area contributed by atoms with Crippen LogP contribution in [-0.4, -0.2) is 52.0 Å². The minimum atomic E-state index is -5.48. The van der Waals surface area contributed by atoms with Crippen LogP contribution >= 0.6 is 0 Å². The van der Waals surface area contributed by atoms with Crippen LogP contribution in [0, 0.1) is 0 Å². The van der Waals surface area contributed by atoms with Gasteiger partial charge >= 0.3 is 15.5 Å². The van der Waals surface area contributed by atoms with Gasteiger partial charge in [-0.3, -0.25) is 9.10 Å². The minimum absolute atomic E-state index is 0.00131. The van der Waals surface area contributed by atoms with Gasteiger partial charge in [0.05, 0.1) is 19.2 Å². The van der Waals surface area contributed by atoms with Crippen molar-refractivity contribution >= 4 is 21.6 Å². The van der Waals surface area contributed by atoms with Crippen molar-refractivity contribution in [3.05, 3.63) is 58.7 Å². The first-order valence-electron chi connectivity index (χ1n) is 11.1. The molecule has 0 spiro atoms. The molecule has 0 N–H and O–H groups in total. The molecule has 1 amide bonds. The molecule has 2 aliphatic rings. The third-order valence-corrected chi connectivity index (χ3v) is 8.21. The molecule has 6 nitrogen and oxygen atoms in total. The Bertz CT molecular complexity index is 1200. The van der Waals surface area contributed by atoms with Gasteiger partial charge in [-0.1, -0.05) is 24.3 Å². The summed E-state index contributed by atoms with van der Waals surface area (Å²) in [5, 5.41) is 0. The summed E-state index contributed by atoms with van der Waals surface area (Å²) in [6.07, 6.45) is 3.04. The summed E-state index contributed by atoms with van der Waals surface area (Å²) < 4.78 is 69.0. The summed E-state index contributed by atoms with van der Waals surface area (Å²) in [4.78, 5) is 14.6. The van der Waals surface area contributed by atoms with Gasteiger partial charge in [0.2, 0.25) is 5.91 Å². The van der Waals surface area contributed by atoms with E-state index in [9.17, 15) is 26.4 Å². The Morgan fingerprint density at radius 1 is 1.21 bits per heavy atom. The fourth-order valence-electron chi connectivity index (χ4n) is 4.92. The highest BCUT2D eigenvalue weighted by atomic mass is 32.2. The molecule has 0 bridgehead atoms. The van der Waals surface area contributed by atoms with E-state index in [1.165, 1.54) is 17.2 Å². The number of likely N-dealkylation sites (N-methyl/N-ethyl adjacent to an activating group) is 1. The molecule has 10 heteroatoms. The number of hydrogen-bond acceptors (Lipinski definition) is 4. The van der Waals surface area contributed by atoms with Crippen LogP contribution in [0.25, 0.3) is 0 Å². The number of hydrogen-bond donors (Lipinski definition) is 0. The van der Waals surface area contributed by atoms with Crippen LogP contribution in [0.1, 0.15) is 41.0 Å². The standard InChI is InChI=1S/C24H27F3N2O4S/c1-28(15-18-5-3-7-20-19(18)6-4-8-22(20)33-2)23(30)14-16-9-10-17-11-12-29(21(17)13-16)34(31,32)24(25,26)27/h4,6,8-10,13,18H,3,5,7,11-12,14-15H2,1-2H3/t18-/m0/s1. The number of halogens is 3. The van der Waals surface area contributed by atoms with Crippen LogP contribution in [0.5, 0.6) is 5.75 Å². The molecular formula is C24H27F3N2O4S. The van der Waals surface area contributed by atoms with Crippen molar-refractivity contribution in [2.24, 2.45) is 0 Å². The zero-order valence-electron chi connectivity index (χ0n) is 19.1. The number of methoxy groups -OCH3 is 1. The van der Waals surface area contributed by atoms with Gasteiger partial charge in [0, 0.05) is 26.1 Å². The molecule has 0 radical (unpaired) electrons. The van der Waals surface area contributed by atoms with Gasteiger partial charge in [0.15, 0.2) is 0 Å². The lowest BCUT2D eigenvalue weighted by Crippen LogP contribution is -2.39. The van der Waals surface area contributed by atoms with Crippen LogP contribution < -0.4 is 9.04 Å². The summed E-state index contributed by atoms with van der Waals surface area (Å²) in [5.74, 6) is 0.839. The van der Waals surface area contributed by atoms with Crippen LogP contribution in [0.4, 0.5) is 18.9 Å². The van der Waals surface area contributed by atoms with Crippen LogP contribution in [0.15, 0.2) is 36.4 Å². The lowest BCUT2D eigenvalue weighted by molar-refractivity contribution is -0.129. The molecule has 0 saturated carbocycles. The van der Waals surface area contributed by atoms with E-state index in [0.717, 1.165) is 25.0 Å². The molecule has 184 valence electrons. The van der Waals surface area contributed by atoms with Gasteiger partial charge in [-0.2, -0.15) is 21.6 Å². The van der Waals surface area contributed by atoms with Crippen molar-refractivity contribution in [3.63, 3.8) is 0 Å². The van der Waals surface area contributed by atoms with Crippen molar-refractivity contribution in [2.45, 2.75) is 43.5 Å². The van der Waals surface area contributed by atoms with Crippen LogP contribution in [0.2, 0.25) is 0 Å². The molecule has 1 atom stereocenters. The monoisotopic (exact) mass is 496 g/mol. The largest absolute Gasteiger partial charge is 0.516 e. The number of benzene rings is 2. The molecule has 0 saturated heterocycles. The fraction of sp³-hybridized carbons (Fsp3) is 0.458. The number of anilines is 1. The van der Waals surface area contributed by atoms with Gasteiger partial charge in [-0.05, 0) is 60.1 Å². The Labute approximate surface area is 197 Å². The fourth-order valence-corrected chi connectivity index (χ4v) is 5.93. The lowest BCUT2D eigenvalue weighted by atomic mass is 9.82. The Morgan fingerprint density at radius 2 is 1.97 bits per heavy atom. The number of amides is 1. The number of sulfonamides is 1. The topological polar surface area (TPSA) is 66.9 Å². The van der Waals surface area contributed by atoms with E-state index in [2.05, 4.69) is 6.07 Å². The molecule has 4 rings (SSSR count). The number of fused-ring (bicyclic) bond motifs is 2. The summed E-state index contributed by atoms with van der Waals surface area (Å²) in [7, 11) is -2.12. The number of ether oxygens (including phenoxy) is 1. The SMILES string of the molecule is COc1cccc2c1CCC[C@H]2CN(C)C(=O)Cc1ccc2c(c1)N(S(=O)(=O)C(F)(F)F)CC2. The van der Waals surface area contributed by atoms with Crippen molar-refractivity contribution in [2.75, 3.05) is 31.6 Å². The predicted molar refractivity (Wildman–Crippen MR) is 122 cm³/mol. The van der Waals surface area contributed by atoms with Gasteiger partial charge in [-0.25, -0.2) is 0 Å². The van der Waals surface area contributed by atoms with E-state index in [1.54, 1.807) is 31.2 Å². The normalized spacial score (nSPS) is 17.8. The Balaban J connectivity index is 1.48. The molecule has 0 aromatic heterocycles. The predicted octanol–water partition coefficient (Wildman–Crippen LogP) is 4.03. The molecule has 34 heavy (non-hydrogen) atoms. The smallest absolute Gasteiger partial charge is 0.496 e. The molecule has 1 aliphatic heterocycles. The van der Waals surface area contributed by atoms with Gasteiger partial charge in [0.1, 0.15) is 5.75 Å². The first kappa shape index (κ1) is 24.4. The number of rotatable bonds is 6. The van der Waals surface area contributed by atoms with Crippen molar-refractivity contribution < 1.29 is 31.1 Å². The number of alkyl halides is 3. The summed E-state index contributed by atoms with van der Waals surface area (Å²) in [5.41, 5.74) is -2.03. The quantitative estimate of drug-likeness (QED) is 0.606. The summed E-state index contributed by atoms with van der Waals surface area (Å²) >= 11 is 0. The van der Waals surface area contributed by atoms with E-state index >= 15 is 0 Å². The maximum atomic E-state index is 13.1. The van der Waals surface area contributed by atoms with E-state index in [4.69, 9.17) is 4.74 Å². The summed E-state index contributed by atoms with van der Waals surface area (Å²) in [6, 6.07) is 10.6. The minimum Gasteiger partial charge on any atom is -0.496 e. The van der Waals surface area contributed by atoms with E-state index in [1.807, 2.05) is 12.1 Å². The lowest BCUT2D eigenvalue weighted by Gasteiger charge is -2.30. The third-order valence-electron chi connectivity index (χ3n) is 6.67. The van der Waals surface area contributed by atoms with Crippen molar-refractivity contribution in [1.82, 2.24) is 4.90 Å². The highest BCUT2D eigenvalue weighted by Crippen LogP contribution is 2.38. The van der Waals surface area contributed by atoms with Crippen LogP contribution in [0.3, 0.4) is 0 Å². The number of carbonyl (C=O) groups excluding carboxylic acids is 1. The Hall–Kier alpha value is -2.75. The zero-order valence-corrected chi connectivity index (χ0v) is 19.9. The first-order valence-corrected chi connectivity index (χ1v) is 12.6. The van der Waals surface area contributed by atoms with E-state index in [0.29, 0.717) is 22.0 Å². The second-order valence-corrected chi connectivity index (χ2v) is 10.7. The molecule has 1 aliphatic carbocycles. The van der Waals surface area contributed by atoms with Crippen molar-refractivity contribution in [3.8, 4) is 5.75 Å². The van der Waals surface area contributed by atoms with Gasteiger partial charge < -0.3 is 9.64 Å². The maximum absolute atomic E-state index is 13.1. The molecule has 0 fully saturated rings. The number of carbonyl (C=O) groups is 1. The summed E-state index contributed by atoms with van der Waals surface area (Å²) in [6.45, 7) is 0.248. The van der Waals surface area contributed by atoms with Gasteiger partial charge in [-0.15, -0.1) is 0 Å². The first-order chi connectivity index (χ1) is 16.0. The molecule has 2 aromatic carbocycles. The maximum Gasteiger partial charge on any atom is 0.516 e. The third kappa shape index (κ3) is 4.47. The Morgan fingerprint density at radius 3 is 2.68 bits per heavy atom. The highest BCUT2D eigenvalue weighted by Gasteiger charge is 2.51. The van der Waals surface area contributed by atoms with Crippen LogP contribution in [-0.2, 0) is 34.1 Å². The van der Waals surface area contributed by atoms with Gasteiger partial charge in [0.25, 0.3) is 0 Å². The van der Waals surface area contributed by atoms with Crippen molar-refractivity contribution in [1.29, 1.82) is 0 Å². The molecule has 0 unspecified atom stereocenters. The van der Waals surface area contributed by atoms with E-state index < -0.39 is 15.5 Å². The second-order valence-electron chi connectivity index (χ2n) is 8.80. The molecular weight excluding hydrogens is 469 g/mol. The van der Waals surface area contributed by atoms with E-state index in [-0.39, 0.29) is 36.9 Å².